The number of carbonyl (C=O) groups is 1. The van der Waals surface area contributed by atoms with Gasteiger partial charge in [0.05, 0.1) is 10.6 Å². The molecule has 1 aromatic carbocycles. The zero-order chi connectivity index (χ0) is 15.4. The van der Waals surface area contributed by atoms with Crippen LogP contribution in [0.15, 0.2) is 29.2 Å². The molecule has 112 valence electrons. The Morgan fingerprint density at radius 1 is 1.15 bits per heavy atom. The number of hydrogen-bond acceptors (Lipinski definition) is 4. The standard InChI is InChI=1S/C14H21NO4S/c1-4-14(5-2,13(16)17)15-11-7-9-12(10-8-11)20(18,19)6-3/h7-10,15H,4-6H2,1-3H3,(H,16,17). The van der Waals surface area contributed by atoms with Crippen molar-refractivity contribution < 1.29 is 18.3 Å². The first-order chi connectivity index (χ1) is 9.31. The van der Waals surface area contributed by atoms with Crippen molar-refractivity contribution in [3.8, 4) is 0 Å². The summed E-state index contributed by atoms with van der Waals surface area (Å²) >= 11 is 0. The first kappa shape index (κ1) is 16.5. The molecule has 0 aliphatic carbocycles. The number of hydrogen-bond donors (Lipinski definition) is 2. The fourth-order valence-corrected chi connectivity index (χ4v) is 2.86. The van der Waals surface area contributed by atoms with E-state index in [9.17, 15) is 18.3 Å². The molecule has 5 nitrogen and oxygen atoms in total. The van der Waals surface area contributed by atoms with E-state index >= 15 is 0 Å². The van der Waals surface area contributed by atoms with Crippen LogP contribution in [0.4, 0.5) is 5.69 Å². The second kappa shape index (κ2) is 6.26. The Balaban J connectivity index is 3.03. The second-order valence-corrected chi connectivity index (χ2v) is 6.93. The first-order valence-corrected chi connectivity index (χ1v) is 8.31. The predicted molar refractivity (Wildman–Crippen MR) is 78.7 cm³/mol. The van der Waals surface area contributed by atoms with E-state index < -0.39 is 21.3 Å². The summed E-state index contributed by atoms with van der Waals surface area (Å²) in [5, 5.41) is 12.3. The average Bonchev–Trinajstić information content (AvgIpc) is 2.45. The van der Waals surface area contributed by atoms with Gasteiger partial charge in [0.2, 0.25) is 0 Å². The van der Waals surface area contributed by atoms with Crippen molar-refractivity contribution in [2.24, 2.45) is 0 Å². The number of benzene rings is 1. The van der Waals surface area contributed by atoms with E-state index in [0.29, 0.717) is 18.5 Å². The van der Waals surface area contributed by atoms with Gasteiger partial charge in [-0.15, -0.1) is 0 Å². The molecule has 0 unspecified atom stereocenters. The van der Waals surface area contributed by atoms with Crippen molar-refractivity contribution in [3.63, 3.8) is 0 Å². The molecular weight excluding hydrogens is 278 g/mol. The van der Waals surface area contributed by atoms with Crippen LogP contribution >= 0.6 is 0 Å². The van der Waals surface area contributed by atoms with Gasteiger partial charge in [-0.1, -0.05) is 20.8 Å². The lowest BCUT2D eigenvalue weighted by Gasteiger charge is -2.29. The van der Waals surface area contributed by atoms with Gasteiger partial charge >= 0.3 is 5.97 Å². The SMILES string of the molecule is CCC(CC)(Nc1ccc(S(=O)(=O)CC)cc1)C(=O)O. The minimum absolute atomic E-state index is 0.0444. The van der Waals surface area contributed by atoms with Gasteiger partial charge in [-0.2, -0.15) is 0 Å². The van der Waals surface area contributed by atoms with Gasteiger partial charge < -0.3 is 10.4 Å². The third-order valence-corrected chi connectivity index (χ3v) is 5.34. The highest BCUT2D eigenvalue weighted by Crippen LogP contribution is 2.24. The Bertz CT molecular complexity index is 559. The number of nitrogens with one attached hydrogen (secondary N) is 1. The molecule has 0 saturated heterocycles. The van der Waals surface area contributed by atoms with Crippen LogP contribution in [0.1, 0.15) is 33.6 Å². The molecule has 0 amide bonds. The molecular formula is C14H21NO4S. The molecule has 20 heavy (non-hydrogen) atoms. The summed E-state index contributed by atoms with van der Waals surface area (Å²) in [4.78, 5) is 11.7. The topological polar surface area (TPSA) is 83.5 Å². The molecule has 0 saturated carbocycles. The molecule has 0 spiro atoms. The largest absolute Gasteiger partial charge is 0.480 e. The van der Waals surface area contributed by atoms with Crippen molar-refractivity contribution in [1.82, 2.24) is 0 Å². The van der Waals surface area contributed by atoms with Crippen LogP contribution in [0.25, 0.3) is 0 Å². The van der Waals surface area contributed by atoms with Gasteiger partial charge in [0.1, 0.15) is 5.54 Å². The quantitative estimate of drug-likeness (QED) is 0.808. The summed E-state index contributed by atoms with van der Waals surface area (Å²) in [6.45, 7) is 5.20. The van der Waals surface area contributed by atoms with Crippen LogP contribution in [-0.2, 0) is 14.6 Å². The zero-order valence-corrected chi connectivity index (χ0v) is 12.8. The minimum Gasteiger partial charge on any atom is -0.480 e. The van der Waals surface area contributed by atoms with Gasteiger partial charge in [0.15, 0.2) is 9.84 Å². The van der Waals surface area contributed by atoms with Crippen molar-refractivity contribution in [2.75, 3.05) is 11.1 Å². The highest BCUT2D eigenvalue weighted by molar-refractivity contribution is 7.91. The monoisotopic (exact) mass is 299 g/mol. The third-order valence-electron chi connectivity index (χ3n) is 3.59. The molecule has 0 atom stereocenters. The normalized spacial score (nSPS) is 12.2. The molecule has 0 radical (unpaired) electrons. The second-order valence-electron chi connectivity index (χ2n) is 4.65. The van der Waals surface area contributed by atoms with Gasteiger partial charge in [-0.25, -0.2) is 13.2 Å². The van der Waals surface area contributed by atoms with Crippen LogP contribution < -0.4 is 5.32 Å². The molecule has 1 rings (SSSR count). The molecule has 2 N–H and O–H groups in total. The highest BCUT2D eigenvalue weighted by Gasteiger charge is 2.34. The summed E-state index contributed by atoms with van der Waals surface area (Å²) in [6.07, 6.45) is 0.877. The van der Waals surface area contributed by atoms with Crippen molar-refractivity contribution in [3.05, 3.63) is 24.3 Å². The lowest BCUT2D eigenvalue weighted by Crippen LogP contribution is -2.45. The maximum atomic E-state index is 11.7. The lowest BCUT2D eigenvalue weighted by molar-refractivity contribution is -0.142. The molecule has 0 aliphatic heterocycles. The minimum atomic E-state index is -3.23. The van der Waals surface area contributed by atoms with Crippen LogP contribution in [0.5, 0.6) is 0 Å². The van der Waals surface area contributed by atoms with Gasteiger partial charge in [0.25, 0.3) is 0 Å². The number of carboxylic acid groups (broad SMARTS) is 1. The average molecular weight is 299 g/mol. The maximum Gasteiger partial charge on any atom is 0.329 e. The van der Waals surface area contributed by atoms with E-state index in [1.807, 2.05) is 0 Å². The molecule has 0 bridgehead atoms. The first-order valence-electron chi connectivity index (χ1n) is 6.65. The molecule has 6 heteroatoms. The third kappa shape index (κ3) is 3.30. The van der Waals surface area contributed by atoms with Gasteiger partial charge in [-0.05, 0) is 37.1 Å². The van der Waals surface area contributed by atoms with Gasteiger partial charge in [0, 0.05) is 5.69 Å². The van der Waals surface area contributed by atoms with E-state index in [1.165, 1.54) is 12.1 Å². The Hall–Kier alpha value is -1.56. The number of rotatable bonds is 7. The number of aliphatic carboxylic acids is 1. The van der Waals surface area contributed by atoms with E-state index in [1.54, 1.807) is 32.9 Å². The van der Waals surface area contributed by atoms with E-state index in [4.69, 9.17) is 0 Å². The highest BCUT2D eigenvalue weighted by atomic mass is 32.2. The summed E-state index contributed by atoms with van der Waals surface area (Å²) in [5.74, 6) is -0.865. The Morgan fingerprint density at radius 3 is 2.00 bits per heavy atom. The fourth-order valence-electron chi connectivity index (χ4n) is 1.97. The Kier molecular flexibility index (Phi) is 5.16. The number of anilines is 1. The van der Waals surface area contributed by atoms with E-state index in [-0.39, 0.29) is 10.6 Å². The van der Waals surface area contributed by atoms with Crippen LogP contribution in [0.2, 0.25) is 0 Å². The summed E-state index contributed by atoms with van der Waals surface area (Å²) in [7, 11) is -3.23. The smallest absolute Gasteiger partial charge is 0.329 e. The summed E-state index contributed by atoms with van der Waals surface area (Å²) in [5.41, 5.74) is -0.420. The zero-order valence-electron chi connectivity index (χ0n) is 12.0. The van der Waals surface area contributed by atoms with Gasteiger partial charge in [-0.3, -0.25) is 0 Å². The summed E-state index contributed by atoms with van der Waals surface area (Å²) in [6, 6.07) is 6.20. The van der Waals surface area contributed by atoms with Crippen LogP contribution in [-0.4, -0.2) is 30.8 Å². The van der Waals surface area contributed by atoms with E-state index in [2.05, 4.69) is 5.32 Å². The van der Waals surface area contributed by atoms with Crippen molar-refractivity contribution in [1.29, 1.82) is 0 Å². The summed E-state index contributed by atoms with van der Waals surface area (Å²) < 4.78 is 23.4. The maximum absolute atomic E-state index is 11.7. The van der Waals surface area contributed by atoms with E-state index in [0.717, 1.165) is 0 Å². The van der Waals surface area contributed by atoms with Crippen molar-refractivity contribution in [2.45, 2.75) is 44.0 Å². The molecule has 0 fully saturated rings. The number of sulfone groups is 1. The predicted octanol–water partition coefficient (Wildman–Crippen LogP) is 2.54. The van der Waals surface area contributed by atoms with Crippen molar-refractivity contribution >= 4 is 21.5 Å². The Morgan fingerprint density at radius 2 is 1.65 bits per heavy atom. The molecule has 1 aromatic rings. The fraction of sp³-hybridized carbons (Fsp3) is 0.500. The van der Waals surface area contributed by atoms with Crippen LogP contribution in [0.3, 0.4) is 0 Å². The Labute approximate surface area is 119 Å². The van der Waals surface area contributed by atoms with Crippen LogP contribution in [0, 0.1) is 0 Å². The lowest BCUT2D eigenvalue weighted by atomic mass is 9.92. The molecule has 0 aromatic heterocycles. The molecule has 0 heterocycles. The number of carboxylic acids is 1. The molecule has 0 aliphatic rings.